The van der Waals surface area contributed by atoms with E-state index in [4.69, 9.17) is 9.47 Å². The summed E-state index contributed by atoms with van der Waals surface area (Å²) >= 11 is 0. The second-order valence-electron chi connectivity index (χ2n) is 15.1. The summed E-state index contributed by atoms with van der Waals surface area (Å²) in [5.74, 6) is -0.200. The number of hydrogen-bond donors (Lipinski definition) is 1. The quantitative estimate of drug-likeness (QED) is 0.0390. The predicted octanol–water partition coefficient (Wildman–Crippen LogP) is 14.7. The van der Waals surface area contributed by atoms with E-state index in [2.05, 4.69) is 38.2 Å². The van der Waals surface area contributed by atoms with Crippen molar-refractivity contribution in [1.29, 1.82) is 0 Å². The molecule has 0 aliphatic carbocycles. The standard InChI is InChI=1S/C46H88O4/c1-3-5-7-9-11-13-15-17-19-20-21-22-23-24-25-26-27-28-29-31-33-35-37-39-41-46(48)50-45(43-47)44-49-42-40-38-36-34-32-30-18-16-14-12-10-8-6-4-2/h8,10,14,16,45,47H,3-7,9,11-13,15,17-44H2,1-2H3/b10-8-,16-14-. The molecule has 0 aromatic carbocycles. The fraction of sp³-hybridized carbons (Fsp3) is 0.891. The van der Waals surface area contributed by atoms with Crippen molar-refractivity contribution in [2.24, 2.45) is 0 Å². The Morgan fingerprint density at radius 1 is 0.480 bits per heavy atom. The molecule has 0 spiro atoms. The first-order valence-electron chi connectivity index (χ1n) is 22.4. The van der Waals surface area contributed by atoms with Crippen molar-refractivity contribution in [3.63, 3.8) is 0 Å². The summed E-state index contributed by atoms with van der Waals surface area (Å²) < 4.78 is 11.2. The first-order chi connectivity index (χ1) is 24.7. The van der Waals surface area contributed by atoms with Crippen LogP contribution >= 0.6 is 0 Å². The molecule has 0 aromatic rings. The van der Waals surface area contributed by atoms with Gasteiger partial charge in [0.2, 0.25) is 0 Å². The maximum Gasteiger partial charge on any atom is 0.306 e. The van der Waals surface area contributed by atoms with Crippen LogP contribution in [0.5, 0.6) is 0 Å². The van der Waals surface area contributed by atoms with Gasteiger partial charge in [-0.15, -0.1) is 0 Å². The number of aliphatic hydroxyl groups excluding tert-OH is 1. The Morgan fingerprint density at radius 3 is 1.32 bits per heavy atom. The van der Waals surface area contributed by atoms with Gasteiger partial charge in [-0.25, -0.2) is 0 Å². The third-order valence-corrected chi connectivity index (χ3v) is 10.0. The number of carbonyl (C=O) groups is 1. The van der Waals surface area contributed by atoms with E-state index in [1.807, 2.05) is 0 Å². The van der Waals surface area contributed by atoms with Gasteiger partial charge in [0.25, 0.3) is 0 Å². The number of carbonyl (C=O) groups excluding carboxylic acids is 1. The van der Waals surface area contributed by atoms with E-state index in [1.54, 1.807) is 0 Å². The summed E-state index contributed by atoms with van der Waals surface area (Å²) in [6.45, 7) is 5.30. The summed E-state index contributed by atoms with van der Waals surface area (Å²) in [6, 6.07) is 0. The average Bonchev–Trinajstić information content (AvgIpc) is 3.12. The molecule has 4 nitrogen and oxygen atoms in total. The maximum atomic E-state index is 12.2. The van der Waals surface area contributed by atoms with Gasteiger partial charge in [-0.2, -0.15) is 0 Å². The highest BCUT2D eigenvalue weighted by Gasteiger charge is 2.13. The second kappa shape index (κ2) is 44.0. The van der Waals surface area contributed by atoms with Crippen LogP contribution in [0.3, 0.4) is 0 Å². The molecule has 0 saturated heterocycles. The molecule has 0 rings (SSSR count). The number of ether oxygens (including phenoxy) is 2. The van der Waals surface area contributed by atoms with Crippen LogP contribution in [-0.4, -0.2) is 37.0 Å². The van der Waals surface area contributed by atoms with E-state index in [9.17, 15) is 9.90 Å². The van der Waals surface area contributed by atoms with Gasteiger partial charge >= 0.3 is 5.97 Å². The lowest BCUT2D eigenvalue weighted by molar-refractivity contribution is -0.154. The van der Waals surface area contributed by atoms with Crippen LogP contribution in [0.2, 0.25) is 0 Å². The minimum atomic E-state index is -0.535. The van der Waals surface area contributed by atoms with Crippen LogP contribution in [0.25, 0.3) is 0 Å². The van der Waals surface area contributed by atoms with Crippen LogP contribution in [0, 0.1) is 0 Å². The van der Waals surface area contributed by atoms with E-state index < -0.39 is 6.10 Å². The smallest absolute Gasteiger partial charge is 0.306 e. The number of unbranched alkanes of at least 4 members (excludes halogenated alkanes) is 30. The fourth-order valence-electron chi connectivity index (χ4n) is 6.66. The molecule has 0 amide bonds. The molecule has 1 N–H and O–H groups in total. The summed E-state index contributed by atoms with van der Waals surface area (Å²) in [6.07, 6.45) is 53.9. The molecular weight excluding hydrogens is 617 g/mol. The Balaban J connectivity index is 3.36. The Labute approximate surface area is 313 Å². The molecule has 0 fully saturated rings. The van der Waals surface area contributed by atoms with Crippen LogP contribution in [0.15, 0.2) is 24.3 Å². The predicted molar refractivity (Wildman–Crippen MR) is 219 cm³/mol. The summed E-state index contributed by atoms with van der Waals surface area (Å²) in [7, 11) is 0. The first-order valence-corrected chi connectivity index (χ1v) is 22.4. The molecule has 1 unspecified atom stereocenters. The number of rotatable bonds is 42. The maximum absolute atomic E-state index is 12.2. The zero-order chi connectivity index (χ0) is 36.3. The number of esters is 1. The highest BCUT2D eigenvalue weighted by atomic mass is 16.6. The highest BCUT2D eigenvalue weighted by molar-refractivity contribution is 5.69. The lowest BCUT2D eigenvalue weighted by atomic mass is 10.0. The Kier molecular flexibility index (Phi) is 43.0. The van der Waals surface area contributed by atoms with E-state index in [0.29, 0.717) is 19.6 Å². The van der Waals surface area contributed by atoms with Crippen LogP contribution in [0.4, 0.5) is 0 Å². The van der Waals surface area contributed by atoms with Gasteiger partial charge in [0, 0.05) is 13.0 Å². The topological polar surface area (TPSA) is 55.8 Å². The minimum absolute atomic E-state index is 0.172. The summed E-state index contributed by atoms with van der Waals surface area (Å²) in [5.41, 5.74) is 0. The first kappa shape index (κ1) is 48.9. The molecular formula is C46H88O4. The van der Waals surface area contributed by atoms with Crippen LogP contribution in [0.1, 0.15) is 239 Å². The van der Waals surface area contributed by atoms with Crippen LogP contribution < -0.4 is 0 Å². The molecule has 50 heavy (non-hydrogen) atoms. The lowest BCUT2D eigenvalue weighted by Gasteiger charge is -2.15. The van der Waals surface area contributed by atoms with E-state index >= 15 is 0 Å². The molecule has 296 valence electrons. The van der Waals surface area contributed by atoms with Crippen molar-refractivity contribution in [3.05, 3.63) is 24.3 Å². The number of aliphatic hydroxyl groups is 1. The van der Waals surface area contributed by atoms with Crippen molar-refractivity contribution in [2.45, 2.75) is 245 Å². The van der Waals surface area contributed by atoms with Crippen molar-refractivity contribution in [1.82, 2.24) is 0 Å². The van der Waals surface area contributed by atoms with Gasteiger partial charge in [0.15, 0.2) is 0 Å². The third-order valence-electron chi connectivity index (χ3n) is 10.0. The number of hydrogen-bond acceptors (Lipinski definition) is 4. The van der Waals surface area contributed by atoms with Gasteiger partial charge in [-0.3, -0.25) is 4.79 Å². The van der Waals surface area contributed by atoms with Crippen molar-refractivity contribution < 1.29 is 19.4 Å². The van der Waals surface area contributed by atoms with Crippen LogP contribution in [-0.2, 0) is 14.3 Å². The second-order valence-corrected chi connectivity index (χ2v) is 15.1. The zero-order valence-corrected chi connectivity index (χ0v) is 33.9. The van der Waals surface area contributed by atoms with Crippen molar-refractivity contribution in [3.8, 4) is 0 Å². The Hall–Kier alpha value is -1.13. The molecule has 0 saturated carbocycles. The Morgan fingerprint density at radius 2 is 0.880 bits per heavy atom. The Bertz CT molecular complexity index is 702. The number of allylic oxidation sites excluding steroid dienone is 4. The lowest BCUT2D eigenvalue weighted by Crippen LogP contribution is -2.27. The summed E-state index contributed by atoms with van der Waals surface area (Å²) in [5, 5.41) is 9.60. The molecule has 0 aliphatic heterocycles. The van der Waals surface area contributed by atoms with Gasteiger partial charge in [0.1, 0.15) is 6.10 Å². The molecule has 1 atom stereocenters. The molecule has 0 bridgehead atoms. The highest BCUT2D eigenvalue weighted by Crippen LogP contribution is 2.16. The largest absolute Gasteiger partial charge is 0.457 e. The molecule has 0 radical (unpaired) electrons. The van der Waals surface area contributed by atoms with Gasteiger partial charge in [0.05, 0.1) is 13.2 Å². The van der Waals surface area contributed by atoms with Gasteiger partial charge < -0.3 is 14.6 Å². The molecule has 0 aliphatic rings. The van der Waals surface area contributed by atoms with Crippen molar-refractivity contribution >= 4 is 5.97 Å². The molecule has 0 heterocycles. The zero-order valence-electron chi connectivity index (χ0n) is 33.9. The van der Waals surface area contributed by atoms with E-state index in [0.717, 1.165) is 25.7 Å². The summed E-state index contributed by atoms with van der Waals surface area (Å²) in [4.78, 5) is 12.2. The SMILES string of the molecule is CCC/C=C\C/C=C\CCCCCCCCOCC(CO)OC(=O)CCCCCCCCCCCCCCCCCCCCCCCCCC. The van der Waals surface area contributed by atoms with Gasteiger partial charge in [-0.05, 0) is 38.5 Å². The third kappa shape index (κ3) is 41.3. The molecule has 0 aromatic heterocycles. The van der Waals surface area contributed by atoms with E-state index in [1.165, 1.54) is 193 Å². The van der Waals surface area contributed by atoms with E-state index in [-0.39, 0.29) is 12.6 Å². The fourth-order valence-corrected chi connectivity index (χ4v) is 6.66. The average molecular weight is 705 g/mol. The van der Waals surface area contributed by atoms with Crippen molar-refractivity contribution in [2.75, 3.05) is 19.8 Å². The van der Waals surface area contributed by atoms with Gasteiger partial charge in [-0.1, -0.05) is 218 Å². The normalized spacial score (nSPS) is 12.5. The monoisotopic (exact) mass is 705 g/mol. The minimum Gasteiger partial charge on any atom is -0.457 e. The molecule has 4 heteroatoms.